The Kier molecular flexibility index (Phi) is 12.8. The van der Waals surface area contributed by atoms with Gasteiger partial charge < -0.3 is 8.91 Å². The Hall–Kier alpha value is 0.788. The number of rotatable bonds is 2. The monoisotopic (exact) mass is 331 g/mol. The predicted molar refractivity (Wildman–Crippen MR) is 102 cm³/mol. The molecule has 18 heavy (non-hydrogen) atoms. The Morgan fingerprint density at radius 2 is 0.889 bits per heavy atom. The maximum Gasteiger partial charge on any atom is 0.179 e. The first-order chi connectivity index (χ1) is 7.44. The molecule has 0 aromatic heterocycles. The molecule has 6 heteroatoms. The second-order valence-corrected chi connectivity index (χ2v) is 25.3. The number of hydrogen-bond acceptors (Lipinski definition) is 2. The van der Waals surface area contributed by atoms with Gasteiger partial charge in [0.05, 0.1) is 0 Å². The highest BCUT2D eigenvalue weighted by molar-refractivity contribution is 6.83. The van der Waals surface area contributed by atoms with Crippen molar-refractivity contribution in [2.75, 3.05) is 0 Å². The summed E-state index contributed by atoms with van der Waals surface area (Å²) in [6.45, 7) is 26.0. The summed E-state index contributed by atoms with van der Waals surface area (Å²) >= 11 is 0. The zero-order valence-corrected chi connectivity index (χ0v) is 19.1. The minimum atomic E-state index is -1.61. The summed E-state index contributed by atoms with van der Waals surface area (Å²) in [6.07, 6.45) is 0. The third-order valence-electron chi connectivity index (χ3n) is 0.612. The molecule has 118 valence electrons. The van der Waals surface area contributed by atoms with E-state index in [0.29, 0.717) is 0 Å². The smallest absolute Gasteiger partial charge is 0.179 e. The van der Waals surface area contributed by atoms with Gasteiger partial charge in [0.25, 0.3) is 0 Å². The first kappa shape index (κ1) is 23.8. The fourth-order valence-electron chi connectivity index (χ4n) is 0.919. The maximum atomic E-state index is 8.66. The summed E-state index contributed by atoms with van der Waals surface area (Å²) in [7, 11) is -4.21. The standard InChI is InChI=1S/C6H18OSi2.C3H10OSi.C3H10Si.2H2/c1-8(2,3)7-9(4,5)6;1-5(2,3)4;1-4(2)3;;/h1-6H3;4H,1-3H3;4H,1-3H3;2*1H/i;;;1+1;. The highest BCUT2D eigenvalue weighted by atomic mass is 28.4. The van der Waals surface area contributed by atoms with Crippen molar-refractivity contribution >= 4 is 33.7 Å². The van der Waals surface area contributed by atoms with Gasteiger partial charge in [0, 0.05) is 11.7 Å². The summed E-state index contributed by atoms with van der Waals surface area (Å²) in [6, 6.07) is 0. The molecule has 0 amide bonds. The summed E-state index contributed by atoms with van der Waals surface area (Å²) < 4.78 is 5.90. The molecule has 0 unspecified atom stereocenters. The van der Waals surface area contributed by atoms with Crippen LogP contribution in [-0.4, -0.2) is 38.5 Å². The van der Waals surface area contributed by atoms with Crippen molar-refractivity contribution in [1.82, 2.24) is 0 Å². The Morgan fingerprint density at radius 1 is 0.778 bits per heavy atom. The van der Waals surface area contributed by atoms with Crippen LogP contribution in [0.3, 0.4) is 0 Å². The first-order valence-electron chi connectivity index (χ1n) is 6.86. The van der Waals surface area contributed by atoms with Crippen molar-refractivity contribution < 1.29 is 11.8 Å². The third-order valence-corrected chi connectivity index (χ3v) is 5.51. The van der Waals surface area contributed by atoms with Crippen molar-refractivity contribution in [2.24, 2.45) is 0 Å². The summed E-state index contributed by atoms with van der Waals surface area (Å²) in [5, 5.41) is 0. The lowest BCUT2D eigenvalue weighted by Gasteiger charge is -2.27. The van der Waals surface area contributed by atoms with Crippen LogP contribution < -0.4 is 0 Å². The van der Waals surface area contributed by atoms with E-state index in [1.807, 2.05) is 19.6 Å². The quantitative estimate of drug-likeness (QED) is 0.715. The molecule has 0 atom stereocenters. The minimum absolute atomic E-state index is 0. The molecule has 0 aliphatic carbocycles. The van der Waals surface area contributed by atoms with Gasteiger partial charge in [0.15, 0.2) is 25.0 Å². The van der Waals surface area contributed by atoms with Gasteiger partial charge >= 0.3 is 0 Å². The van der Waals surface area contributed by atoms with Gasteiger partial charge in [-0.2, -0.15) is 0 Å². The van der Waals surface area contributed by atoms with Crippen LogP contribution in [-0.2, 0) is 4.12 Å². The Bertz CT molecular complexity index is 176. The van der Waals surface area contributed by atoms with Crippen LogP contribution in [0.4, 0.5) is 0 Å². The summed E-state index contributed by atoms with van der Waals surface area (Å²) in [4.78, 5) is 8.66. The van der Waals surface area contributed by atoms with E-state index >= 15 is 0 Å². The van der Waals surface area contributed by atoms with E-state index in [1.54, 1.807) is 0 Å². The lowest BCUT2D eigenvalue weighted by atomic mass is 11.8. The zero-order valence-electron chi connectivity index (χ0n) is 14.9. The van der Waals surface area contributed by atoms with Gasteiger partial charge in [-0.05, 0) is 58.9 Å². The zero-order chi connectivity index (χ0) is 15.8. The second-order valence-electron chi connectivity index (χ2n) is 8.23. The van der Waals surface area contributed by atoms with E-state index in [2.05, 4.69) is 58.9 Å². The van der Waals surface area contributed by atoms with E-state index in [4.69, 9.17) is 8.91 Å². The van der Waals surface area contributed by atoms with Crippen LogP contribution in [0.5, 0.6) is 0 Å². The van der Waals surface area contributed by atoms with Gasteiger partial charge in [0.1, 0.15) is 0 Å². The van der Waals surface area contributed by atoms with Crippen LogP contribution in [0, 0.1) is 0 Å². The Morgan fingerprint density at radius 3 is 0.889 bits per heavy atom. The van der Waals surface area contributed by atoms with Crippen LogP contribution in [0.2, 0.25) is 78.6 Å². The van der Waals surface area contributed by atoms with E-state index < -0.39 is 25.0 Å². The molecule has 0 radical (unpaired) electrons. The molecule has 1 N–H and O–H groups in total. The highest BCUT2D eigenvalue weighted by Gasteiger charge is 2.24. The minimum Gasteiger partial charge on any atom is -0.456 e. The Labute approximate surface area is 124 Å². The molecule has 0 spiro atoms. The van der Waals surface area contributed by atoms with Gasteiger partial charge in [-0.3, -0.25) is 0 Å². The van der Waals surface area contributed by atoms with Crippen molar-refractivity contribution in [3.05, 3.63) is 0 Å². The highest BCUT2D eigenvalue weighted by Crippen LogP contribution is 2.12. The molecule has 2 nitrogen and oxygen atoms in total. The Balaban J connectivity index is -0.0000000591. The molecule has 0 aliphatic heterocycles. The molecule has 0 rings (SSSR count). The normalized spacial score (nSPS) is 12.3. The van der Waals surface area contributed by atoms with Gasteiger partial charge in [-0.15, -0.1) is 0 Å². The fraction of sp³-hybridized carbons (Fsp3) is 1.00. The molecule has 0 aromatic rings. The molecule has 0 fully saturated rings. The summed E-state index contributed by atoms with van der Waals surface area (Å²) in [5.74, 6) is 0. The van der Waals surface area contributed by atoms with Crippen molar-refractivity contribution in [1.29, 1.82) is 0 Å². The molecule has 0 aliphatic rings. The lowest BCUT2D eigenvalue weighted by Crippen LogP contribution is -2.39. The molecule has 0 heterocycles. The molecular weight excluding hydrogens is 288 g/mol. The predicted octanol–water partition coefficient (Wildman–Crippen LogP) is 5.08. The van der Waals surface area contributed by atoms with Crippen LogP contribution in [0.25, 0.3) is 0 Å². The van der Waals surface area contributed by atoms with Crippen molar-refractivity contribution in [3.8, 4) is 0 Å². The van der Waals surface area contributed by atoms with E-state index in [0.717, 1.165) is 0 Å². The SMILES string of the molecule is C[SiH](C)C.C[Si](C)(C)O.C[Si](C)(C)O[Si](C)(C)C.[2HH].[HH]. The fourth-order valence-corrected chi connectivity index (χ4v) is 8.27. The van der Waals surface area contributed by atoms with E-state index in [9.17, 15) is 0 Å². The van der Waals surface area contributed by atoms with E-state index in [-0.39, 0.29) is 11.7 Å². The average Bonchev–Trinajstić information content (AvgIpc) is 1.67. The number of hydrogen-bond donors (Lipinski definition) is 1. The molecule has 0 saturated carbocycles. The van der Waals surface area contributed by atoms with Crippen LogP contribution in [0.1, 0.15) is 2.85 Å². The van der Waals surface area contributed by atoms with Crippen LogP contribution >= 0.6 is 0 Å². The lowest BCUT2D eigenvalue weighted by molar-refractivity contribution is 0.558. The molecule has 0 aromatic carbocycles. The van der Waals surface area contributed by atoms with Crippen molar-refractivity contribution in [2.45, 2.75) is 78.6 Å². The molecule has 0 bridgehead atoms. The molecular formula is C12H42O2Si4. The van der Waals surface area contributed by atoms with Crippen LogP contribution in [0.15, 0.2) is 0 Å². The largest absolute Gasteiger partial charge is 0.456 e. The average molecular weight is 332 g/mol. The maximum absolute atomic E-state index is 8.66. The van der Waals surface area contributed by atoms with Gasteiger partial charge in [0.2, 0.25) is 0 Å². The van der Waals surface area contributed by atoms with Crippen molar-refractivity contribution in [3.63, 3.8) is 0 Å². The summed E-state index contributed by atoms with van der Waals surface area (Å²) in [5.41, 5.74) is 0. The second kappa shape index (κ2) is 9.65. The molecule has 0 saturated heterocycles. The first-order valence-corrected chi connectivity index (χ1v) is 20.6. The van der Waals surface area contributed by atoms with Gasteiger partial charge in [-0.1, -0.05) is 19.6 Å². The topological polar surface area (TPSA) is 29.5 Å². The van der Waals surface area contributed by atoms with E-state index in [1.165, 1.54) is 0 Å². The third kappa shape index (κ3) is 90.8. The van der Waals surface area contributed by atoms with Gasteiger partial charge in [-0.25, -0.2) is 0 Å².